The molecule has 0 saturated heterocycles. The zero-order chi connectivity index (χ0) is 9.30. The van der Waals surface area contributed by atoms with Gasteiger partial charge in [-0.3, -0.25) is 4.57 Å². The van der Waals surface area contributed by atoms with Crippen molar-refractivity contribution in [3.63, 3.8) is 0 Å². The summed E-state index contributed by atoms with van der Waals surface area (Å²) in [5, 5.41) is 0.586. The lowest BCUT2D eigenvalue weighted by Crippen LogP contribution is -2.03. The molecule has 0 aliphatic rings. The second kappa shape index (κ2) is 3.42. The molecule has 0 amide bonds. The third-order valence-electron chi connectivity index (χ3n) is 2.07. The van der Waals surface area contributed by atoms with Crippen molar-refractivity contribution in [1.29, 1.82) is 0 Å². The Morgan fingerprint density at radius 1 is 1.08 bits per heavy atom. The number of aryl methyl sites for hydroxylation is 3. The van der Waals surface area contributed by atoms with Crippen molar-refractivity contribution in [3.05, 3.63) is 28.8 Å². The van der Waals surface area contributed by atoms with Crippen LogP contribution in [-0.2, 0) is 4.57 Å². The Kier molecular flexibility index (Phi) is 2.71. The Balaban J connectivity index is 3.33. The van der Waals surface area contributed by atoms with E-state index in [2.05, 4.69) is 0 Å². The van der Waals surface area contributed by atoms with Gasteiger partial charge in [0, 0.05) is 5.30 Å². The van der Waals surface area contributed by atoms with Gasteiger partial charge in [0.2, 0.25) is 8.03 Å². The maximum atomic E-state index is 10.9. The Morgan fingerprint density at radius 2 is 1.58 bits per heavy atom. The average Bonchev–Trinajstić information content (AvgIpc) is 1.96. The maximum Gasteiger partial charge on any atom is 0.218 e. The molecule has 0 bridgehead atoms. The molecule has 0 spiro atoms. The van der Waals surface area contributed by atoms with Crippen molar-refractivity contribution in [1.82, 2.24) is 0 Å². The van der Waals surface area contributed by atoms with Gasteiger partial charge in [-0.15, -0.1) is 0 Å². The molecule has 12 heavy (non-hydrogen) atoms. The molecule has 0 saturated carbocycles. The molecule has 0 fully saturated rings. The van der Waals surface area contributed by atoms with Gasteiger partial charge in [-0.05, 0) is 43.5 Å². The molecule has 66 valence electrons. The van der Waals surface area contributed by atoms with Crippen molar-refractivity contribution in [3.8, 4) is 0 Å². The Morgan fingerprint density at radius 3 is 2.08 bits per heavy atom. The highest BCUT2D eigenvalue weighted by Gasteiger charge is 2.05. The van der Waals surface area contributed by atoms with Crippen LogP contribution in [-0.4, -0.2) is 4.89 Å². The first-order valence-corrected chi connectivity index (χ1v) is 5.19. The van der Waals surface area contributed by atoms with Gasteiger partial charge in [0.1, 0.15) is 0 Å². The zero-order valence-electron chi connectivity index (χ0n) is 7.51. The summed E-state index contributed by atoms with van der Waals surface area (Å²) in [6.07, 6.45) is 0. The highest BCUT2D eigenvalue weighted by atomic mass is 31.1. The summed E-state index contributed by atoms with van der Waals surface area (Å²) in [4.78, 5) is 8.97. The number of hydrogen-bond acceptors (Lipinski definition) is 1. The first-order valence-electron chi connectivity index (χ1n) is 3.83. The minimum absolute atomic E-state index is 0.586. The van der Waals surface area contributed by atoms with Crippen LogP contribution in [0.2, 0.25) is 0 Å². The molecule has 0 aliphatic carbocycles. The van der Waals surface area contributed by atoms with E-state index in [9.17, 15) is 4.57 Å². The van der Waals surface area contributed by atoms with Crippen LogP contribution >= 0.6 is 8.03 Å². The Hall–Kier alpha value is -0.590. The summed E-state index contributed by atoms with van der Waals surface area (Å²) in [6, 6.07) is 3.75. The average molecular weight is 184 g/mol. The molecule has 0 aliphatic heterocycles. The predicted molar refractivity (Wildman–Crippen MR) is 51.5 cm³/mol. The van der Waals surface area contributed by atoms with E-state index in [0.717, 1.165) is 11.1 Å². The van der Waals surface area contributed by atoms with Crippen LogP contribution in [0.3, 0.4) is 0 Å². The van der Waals surface area contributed by atoms with E-state index < -0.39 is 8.03 Å². The van der Waals surface area contributed by atoms with E-state index >= 15 is 0 Å². The third kappa shape index (κ3) is 1.77. The molecule has 1 aromatic carbocycles. The molecule has 1 N–H and O–H groups in total. The zero-order valence-corrected chi connectivity index (χ0v) is 8.51. The highest BCUT2D eigenvalue weighted by Crippen LogP contribution is 2.18. The minimum Gasteiger partial charge on any atom is -0.343 e. The normalized spacial score (nSPS) is 13.0. The van der Waals surface area contributed by atoms with Crippen LogP contribution in [0.25, 0.3) is 0 Å². The van der Waals surface area contributed by atoms with Crippen molar-refractivity contribution in [2.45, 2.75) is 20.8 Å². The van der Waals surface area contributed by atoms with Crippen LogP contribution in [0.4, 0.5) is 0 Å². The molecule has 2 nitrogen and oxygen atoms in total. The largest absolute Gasteiger partial charge is 0.343 e. The summed E-state index contributed by atoms with van der Waals surface area (Å²) >= 11 is 0. The smallest absolute Gasteiger partial charge is 0.218 e. The predicted octanol–water partition coefficient (Wildman–Crippen LogP) is 1.70. The van der Waals surface area contributed by atoms with Crippen LogP contribution < -0.4 is 5.30 Å². The van der Waals surface area contributed by atoms with E-state index in [0.29, 0.717) is 5.30 Å². The van der Waals surface area contributed by atoms with Gasteiger partial charge < -0.3 is 4.89 Å². The number of rotatable bonds is 1. The minimum atomic E-state index is -2.53. The van der Waals surface area contributed by atoms with Gasteiger partial charge in [-0.2, -0.15) is 0 Å². The molecule has 0 heterocycles. The summed E-state index contributed by atoms with van der Waals surface area (Å²) in [5.74, 6) is 0. The fourth-order valence-electron chi connectivity index (χ4n) is 1.19. The van der Waals surface area contributed by atoms with Crippen LogP contribution in [0.5, 0.6) is 0 Å². The van der Waals surface area contributed by atoms with E-state index in [1.165, 1.54) is 5.56 Å². The molecule has 0 aromatic heterocycles. The monoisotopic (exact) mass is 184 g/mol. The lowest BCUT2D eigenvalue weighted by molar-refractivity contribution is 0.513. The highest BCUT2D eigenvalue weighted by molar-refractivity contribution is 7.47. The molecular formula is C9H13O2P. The SMILES string of the molecule is Cc1cc(C)c([PH](=O)O)cc1C. The third-order valence-corrected chi connectivity index (χ3v) is 3.07. The van der Waals surface area contributed by atoms with E-state index in [-0.39, 0.29) is 0 Å². The number of hydrogen-bond donors (Lipinski definition) is 1. The van der Waals surface area contributed by atoms with Gasteiger partial charge in [0.15, 0.2) is 0 Å². The van der Waals surface area contributed by atoms with E-state index in [4.69, 9.17) is 4.89 Å². The lowest BCUT2D eigenvalue weighted by atomic mass is 10.1. The molecule has 1 rings (SSSR count). The summed E-state index contributed by atoms with van der Waals surface area (Å²) < 4.78 is 10.9. The standard InChI is InChI=1S/C9H13O2P/c1-6-4-8(3)9(12(10)11)5-7(6)2/h4-5,12H,1-3H3,(H,10,11). The van der Waals surface area contributed by atoms with Crippen LogP contribution in [0.15, 0.2) is 12.1 Å². The quantitative estimate of drug-likeness (QED) is 0.674. The van der Waals surface area contributed by atoms with Crippen molar-refractivity contribution in [2.75, 3.05) is 0 Å². The number of benzene rings is 1. The molecule has 1 aromatic rings. The van der Waals surface area contributed by atoms with Gasteiger partial charge in [0.05, 0.1) is 0 Å². The topological polar surface area (TPSA) is 37.3 Å². The first-order chi connectivity index (χ1) is 5.52. The molecular weight excluding hydrogens is 171 g/mol. The summed E-state index contributed by atoms with van der Waals surface area (Å²) in [5.41, 5.74) is 3.15. The van der Waals surface area contributed by atoms with Gasteiger partial charge in [0.25, 0.3) is 0 Å². The van der Waals surface area contributed by atoms with Gasteiger partial charge in [-0.25, -0.2) is 0 Å². The van der Waals surface area contributed by atoms with Crippen molar-refractivity contribution in [2.24, 2.45) is 0 Å². The fraction of sp³-hybridized carbons (Fsp3) is 0.333. The van der Waals surface area contributed by atoms with Crippen LogP contribution in [0.1, 0.15) is 16.7 Å². The molecule has 1 atom stereocenters. The summed E-state index contributed by atoms with van der Waals surface area (Å²) in [6.45, 7) is 5.81. The summed E-state index contributed by atoms with van der Waals surface area (Å²) in [7, 11) is -2.53. The molecule has 1 unspecified atom stereocenters. The first kappa shape index (κ1) is 9.50. The lowest BCUT2D eigenvalue weighted by Gasteiger charge is -2.06. The van der Waals surface area contributed by atoms with Gasteiger partial charge >= 0.3 is 0 Å². The second-order valence-corrected chi connectivity index (χ2v) is 4.21. The second-order valence-electron chi connectivity index (χ2n) is 3.06. The molecule has 0 radical (unpaired) electrons. The van der Waals surface area contributed by atoms with Gasteiger partial charge in [-0.1, -0.05) is 6.07 Å². The van der Waals surface area contributed by atoms with Crippen molar-refractivity contribution >= 4 is 13.3 Å². The van der Waals surface area contributed by atoms with Crippen molar-refractivity contribution < 1.29 is 9.46 Å². The maximum absolute atomic E-state index is 10.9. The van der Waals surface area contributed by atoms with E-state index in [1.807, 2.05) is 26.8 Å². The Bertz CT molecular complexity index is 332. The molecule has 3 heteroatoms. The fourth-order valence-corrected chi connectivity index (χ4v) is 1.94. The van der Waals surface area contributed by atoms with E-state index in [1.54, 1.807) is 6.07 Å². The van der Waals surface area contributed by atoms with Crippen LogP contribution in [0, 0.1) is 20.8 Å². The Labute approximate surface area is 73.1 Å².